The molecule has 1 N–H and O–H groups in total. The third kappa shape index (κ3) is 4.21. The van der Waals surface area contributed by atoms with Gasteiger partial charge in [0.05, 0.1) is 14.9 Å². The van der Waals surface area contributed by atoms with Gasteiger partial charge in [-0.2, -0.15) is 4.31 Å². The summed E-state index contributed by atoms with van der Waals surface area (Å²) in [5.74, 6) is -0.0934. The summed E-state index contributed by atoms with van der Waals surface area (Å²) in [5.41, 5.74) is 0. The fourth-order valence-electron chi connectivity index (χ4n) is 2.64. The Balaban J connectivity index is 2.05. The van der Waals surface area contributed by atoms with E-state index < -0.39 is 10.0 Å². The SMILES string of the molecule is CNCC(C)C(=O)N1CCN(S(=O)(=O)c2ccc(Cl)c(Cl)c2)CC1. The molecule has 9 heteroatoms. The van der Waals surface area contributed by atoms with E-state index in [1.807, 2.05) is 6.92 Å². The highest BCUT2D eigenvalue weighted by atomic mass is 35.5. The minimum atomic E-state index is -3.64. The van der Waals surface area contributed by atoms with Crippen molar-refractivity contribution in [1.29, 1.82) is 0 Å². The summed E-state index contributed by atoms with van der Waals surface area (Å²) in [5, 5.41) is 3.49. The second-order valence-electron chi connectivity index (χ2n) is 5.76. The van der Waals surface area contributed by atoms with Crippen molar-refractivity contribution in [2.75, 3.05) is 39.8 Å². The van der Waals surface area contributed by atoms with Gasteiger partial charge in [-0.1, -0.05) is 30.1 Å². The van der Waals surface area contributed by atoms with Gasteiger partial charge in [0.2, 0.25) is 15.9 Å². The number of halogens is 2. The summed E-state index contributed by atoms with van der Waals surface area (Å²) < 4.78 is 26.7. The van der Waals surface area contributed by atoms with Gasteiger partial charge in [-0.25, -0.2) is 8.42 Å². The molecule has 0 aromatic heterocycles. The summed E-state index contributed by atoms with van der Waals surface area (Å²) in [7, 11) is -1.84. The lowest BCUT2D eigenvalue weighted by Gasteiger charge is -2.35. The van der Waals surface area contributed by atoms with Crippen molar-refractivity contribution >= 4 is 39.1 Å². The van der Waals surface area contributed by atoms with E-state index in [-0.39, 0.29) is 34.8 Å². The lowest BCUT2D eigenvalue weighted by molar-refractivity contribution is -0.136. The first kappa shape index (κ1) is 19.5. The number of hydrogen-bond acceptors (Lipinski definition) is 4. The van der Waals surface area contributed by atoms with Crippen LogP contribution in [0.2, 0.25) is 10.0 Å². The molecule has 1 aromatic carbocycles. The van der Waals surface area contributed by atoms with Gasteiger partial charge in [0.25, 0.3) is 0 Å². The second kappa shape index (κ2) is 8.01. The third-order valence-corrected chi connectivity index (χ3v) is 6.64. The molecule has 1 unspecified atom stereocenters. The Hall–Kier alpha value is -0.860. The van der Waals surface area contributed by atoms with Crippen molar-refractivity contribution in [3.8, 4) is 0 Å². The Morgan fingerprint density at radius 1 is 1.21 bits per heavy atom. The normalized spacial score (nSPS) is 17.8. The van der Waals surface area contributed by atoms with E-state index in [9.17, 15) is 13.2 Å². The van der Waals surface area contributed by atoms with Gasteiger partial charge in [0.1, 0.15) is 0 Å². The molecule has 0 bridgehead atoms. The molecular formula is C15H21Cl2N3O3S. The number of hydrogen-bond donors (Lipinski definition) is 1. The van der Waals surface area contributed by atoms with Crippen LogP contribution < -0.4 is 5.32 Å². The van der Waals surface area contributed by atoms with Gasteiger partial charge in [-0.15, -0.1) is 0 Å². The number of piperazine rings is 1. The predicted molar refractivity (Wildman–Crippen MR) is 94.9 cm³/mol. The molecule has 1 atom stereocenters. The fourth-order valence-corrected chi connectivity index (χ4v) is 4.45. The summed E-state index contributed by atoms with van der Waals surface area (Å²) in [4.78, 5) is 14.1. The lowest BCUT2D eigenvalue weighted by Crippen LogP contribution is -2.52. The van der Waals surface area contributed by atoms with E-state index in [0.717, 1.165) is 0 Å². The molecule has 134 valence electrons. The van der Waals surface area contributed by atoms with Gasteiger partial charge >= 0.3 is 0 Å². The Labute approximate surface area is 152 Å². The van der Waals surface area contributed by atoms with Crippen molar-refractivity contribution in [2.24, 2.45) is 5.92 Å². The van der Waals surface area contributed by atoms with Gasteiger partial charge < -0.3 is 10.2 Å². The van der Waals surface area contributed by atoms with Crippen LogP contribution in [0.5, 0.6) is 0 Å². The molecule has 0 aliphatic carbocycles. The fraction of sp³-hybridized carbons (Fsp3) is 0.533. The zero-order chi connectivity index (χ0) is 17.9. The first-order chi connectivity index (χ1) is 11.3. The van der Waals surface area contributed by atoms with Crippen molar-refractivity contribution < 1.29 is 13.2 Å². The van der Waals surface area contributed by atoms with Crippen LogP contribution in [0, 0.1) is 5.92 Å². The number of nitrogens with one attached hydrogen (secondary N) is 1. The van der Waals surface area contributed by atoms with E-state index >= 15 is 0 Å². The minimum Gasteiger partial charge on any atom is -0.340 e. The number of carbonyl (C=O) groups excluding carboxylic acids is 1. The Morgan fingerprint density at radius 2 is 1.83 bits per heavy atom. The number of carbonyl (C=O) groups is 1. The van der Waals surface area contributed by atoms with Crippen LogP contribution in [0.15, 0.2) is 23.1 Å². The van der Waals surface area contributed by atoms with Crippen LogP contribution >= 0.6 is 23.2 Å². The third-order valence-electron chi connectivity index (χ3n) is 4.01. The molecule has 1 aliphatic rings. The summed E-state index contributed by atoms with van der Waals surface area (Å²) in [6.07, 6.45) is 0. The number of sulfonamides is 1. The van der Waals surface area contributed by atoms with Crippen LogP contribution in [0.1, 0.15) is 6.92 Å². The maximum absolute atomic E-state index is 12.7. The standard InChI is InChI=1S/C15H21Cl2N3O3S/c1-11(10-18-2)15(21)19-5-7-20(8-6-19)24(22,23)12-3-4-13(16)14(17)9-12/h3-4,9,11,18H,5-8,10H2,1-2H3. The molecule has 0 spiro atoms. The van der Waals surface area contributed by atoms with Crippen molar-refractivity contribution in [1.82, 2.24) is 14.5 Å². The van der Waals surface area contributed by atoms with Gasteiger partial charge in [-0.05, 0) is 25.2 Å². The predicted octanol–water partition coefficient (Wildman–Crippen LogP) is 1.68. The number of rotatable bonds is 5. The molecule has 0 radical (unpaired) electrons. The number of nitrogens with zero attached hydrogens (tertiary/aromatic N) is 2. The van der Waals surface area contributed by atoms with E-state index in [0.29, 0.717) is 24.7 Å². The molecule has 6 nitrogen and oxygen atoms in total. The first-order valence-electron chi connectivity index (χ1n) is 7.66. The highest BCUT2D eigenvalue weighted by Crippen LogP contribution is 2.27. The second-order valence-corrected chi connectivity index (χ2v) is 8.52. The largest absolute Gasteiger partial charge is 0.340 e. The van der Waals surface area contributed by atoms with Crippen LogP contribution in [0.3, 0.4) is 0 Å². The molecule has 1 amide bonds. The monoisotopic (exact) mass is 393 g/mol. The zero-order valence-corrected chi connectivity index (χ0v) is 16.0. The summed E-state index contributed by atoms with van der Waals surface area (Å²) >= 11 is 11.8. The molecule has 1 aromatic rings. The molecule has 0 saturated carbocycles. The highest BCUT2D eigenvalue weighted by molar-refractivity contribution is 7.89. The maximum Gasteiger partial charge on any atom is 0.243 e. The number of benzene rings is 1. The Bertz CT molecular complexity index is 704. The molecule has 1 aliphatic heterocycles. The van der Waals surface area contributed by atoms with Crippen LogP contribution in [-0.2, 0) is 14.8 Å². The zero-order valence-electron chi connectivity index (χ0n) is 13.6. The molecule has 24 heavy (non-hydrogen) atoms. The van der Waals surface area contributed by atoms with Crippen molar-refractivity contribution in [3.05, 3.63) is 28.2 Å². The smallest absolute Gasteiger partial charge is 0.243 e. The number of amides is 1. The Morgan fingerprint density at radius 3 is 2.38 bits per heavy atom. The first-order valence-corrected chi connectivity index (χ1v) is 9.85. The molecular weight excluding hydrogens is 373 g/mol. The molecule has 1 heterocycles. The summed E-state index contributed by atoms with van der Waals surface area (Å²) in [6, 6.07) is 4.26. The highest BCUT2D eigenvalue weighted by Gasteiger charge is 2.31. The van der Waals surface area contributed by atoms with Crippen molar-refractivity contribution in [2.45, 2.75) is 11.8 Å². The maximum atomic E-state index is 12.7. The van der Waals surface area contributed by atoms with Crippen LogP contribution in [-0.4, -0.2) is 63.3 Å². The Kier molecular flexibility index (Phi) is 6.50. The van der Waals surface area contributed by atoms with E-state index in [4.69, 9.17) is 23.2 Å². The molecule has 2 rings (SSSR count). The van der Waals surface area contributed by atoms with Crippen molar-refractivity contribution in [3.63, 3.8) is 0 Å². The van der Waals surface area contributed by atoms with E-state index in [1.165, 1.54) is 22.5 Å². The lowest BCUT2D eigenvalue weighted by atomic mass is 10.1. The topological polar surface area (TPSA) is 69.7 Å². The van der Waals surface area contributed by atoms with E-state index in [2.05, 4.69) is 5.32 Å². The van der Waals surface area contributed by atoms with Crippen LogP contribution in [0.4, 0.5) is 0 Å². The minimum absolute atomic E-state index is 0.0379. The molecule has 1 fully saturated rings. The molecule has 1 saturated heterocycles. The quantitative estimate of drug-likeness (QED) is 0.825. The van der Waals surface area contributed by atoms with Gasteiger partial charge in [0, 0.05) is 38.6 Å². The van der Waals surface area contributed by atoms with Gasteiger partial charge in [0.15, 0.2) is 0 Å². The van der Waals surface area contributed by atoms with Gasteiger partial charge in [-0.3, -0.25) is 4.79 Å². The van der Waals surface area contributed by atoms with Crippen LogP contribution in [0.25, 0.3) is 0 Å². The average Bonchev–Trinajstić information content (AvgIpc) is 2.57. The van der Waals surface area contributed by atoms with E-state index in [1.54, 1.807) is 11.9 Å². The summed E-state index contributed by atoms with van der Waals surface area (Å²) in [6.45, 7) is 3.75. The average molecular weight is 394 g/mol.